The summed E-state index contributed by atoms with van der Waals surface area (Å²) in [4.78, 5) is 15.7. The normalized spacial score (nSPS) is 17.1. The lowest BCUT2D eigenvalue weighted by molar-refractivity contribution is 0.0175. The van der Waals surface area contributed by atoms with Gasteiger partial charge in [0.1, 0.15) is 0 Å². The number of thiophene rings is 2. The van der Waals surface area contributed by atoms with E-state index < -0.39 is 0 Å². The number of anilines is 1. The SMILES string of the molecule is O=C(NC[C@@H](c1cccs1)N1CCOCC1)Nc1cccs1. The van der Waals surface area contributed by atoms with Crippen molar-refractivity contribution in [2.24, 2.45) is 0 Å². The number of nitrogens with one attached hydrogen (secondary N) is 2. The van der Waals surface area contributed by atoms with E-state index >= 15 is 0 Å². The standard InChI is InChI=1S/C15H19N3O2S2/c19-15(17-14-4-2-10-22-14)16-11-12(13-3-1-9-21-13)18-5-7-20-8-6-18/h1-4,9-10,12H,5-8,11H2,(H2,16,17,19)/t12-/m0/s1. The van der Waals surface area contributed by atoms with Crippen molar-refractivity contribution in [2.45, 2.75) is 6.04 Å². The van der Waals surface area contributed by atoms with E-state index in [0.717, 1.165) is 31.3 Å². The van der Waals surface area contributed by atoms with Crippen LogP contribution in [0, 0.1) is 0 Å². The molecule has 0 radical (unpaired) electrons. The second kappa shape index (κ2) is 7.73. The topological polar surface area (TPSA) is 53.6 Å². The summed E-state index contributed by atoms with van der Waals surface area (Å²) in [6, 6.07) is 8.05. The fourth-order valence-corrected chi connectivity index (χ4v) is 3.95. The summed E-state index contributed by atoms with van der Waals surface area (Å²) in [5, 5.41) is 10.7. The third-order valence-corrected chi connectivity index (χ3v) is 5.33. The van der Waals surface area contributed by atoms with E-state index in [1.54, 1.807) is 11.3 Å². The summed E-state index contributed by atoms with van der Waals surface area (Å²) >= 11 is 3.24. The van der Waals surface area contributed by atoms with Crippen LogP contribution >= 0.6 is 22.7 Å². The van der Waals surface area contributed by atoms with Crippen LogP contribution in [0.15, 0.2) is 35.0 Å². The lowest BCUT2D eigenvalue weighted by atomic mass is 10.2. The first-order valence-electron chi connectivity index (χ1n) is 7.26. The van der Waals surface area contributed by atoms with Gasteiger partial charge in [-0.25, -0.2) is 4.79 Å². The lowest BCUT2D eigenvalue weighted by Gasteiger charge is -2.34. The molecule has 3 heterocycles. The van der Waals surface area contributed by atoms with E-state index in [1.165, 1.54) is 16.2 Å². The van der Waals surface area contributed by atoms with Crippen molar-refractivity contribution in [1.29, 1.82) is 0 Å². The van der Waals surface area contributed by atoms with Crippen molar-refractivity contribution in [3.8, 4) is 0 Å². The van der Waals surface area contributed by atoms with Crippen LogP contribution in [0.4, 0.5) is 9.80 Å². The molecule has 3 rings (SSSR count). The molecular formula is C15H19N3O2S2. The van der Waals surface area contributed by atoms with Gasteiger partial charge in [-0.05, 0) is 29.0 Å². The van der Waals surface area contributed by atoms with Crippen LogP contribution < -0.4 is 10.6 Å². The first-order valence-corrected chi connectivity index (χ1v) is 9.02. The number of hydrogen-bond acceptors (Lipinski definition) is 5. The molecule has 1 aliphatic heterocycles. The molecule has 0 bridgehead atoms. The average Bonchev–Trinajstić information content (AvgIpc) is 3.22. The molecule has 0 spiro atoms. The minimum Gasteiger partial charge on any atom is -0.379 e. The van der Waals surface area contributed by atoms with Gasteiger partial charge >= 0.3 is 6.03 Å². The van der Waals surface area contributed by atoms with Crippen LogP contribution in [0.25, 0.3) is 0 Å². The van der Waals surface area contributed by atoms with Gasteiger partial charge in [0.15, 0.2) is 0 Å². The number of ether oxygens (including phenoxy) is 1. The number of nitrogens with zero attached hydrogens (tertiary/aromatic N) is 1. The summed E-state index contributed by atoms with van der Waals surface area (Å²) in [6.07, 6.45) is 0. The minimum absolute atomic E-state index is 0.155. The monoisotopic (exact) mass is 337 g/mol. The molecule has 1 atom stereocenters. The zero-order valence-electron chi connectivity index (χ0n) is 12.2. The Morgan fingerprint density at radius 2 is 2.00 bits per heavy atom. The summed E-state index contributed by atoms with van der Waals surface area (Å²) in [6.45, 7) is 3.90. The van der Waals surface area contributed by atoms with E-state index in [1.807, 2.05) is 17.5 Å². The van der Waals surface area contributed by atoms with Gasteiger partial charge in [-0.1, -0.05) is 6.07 Å². The van der Waals surface area contributed by atoms with Crippen molar-refractivity contribution in [2.75, 3.05) is 38.2 Å². The van der Waals surface area contributed by atoms with Gasteiger partial charge < -0.3 is 10.1 Å². The fourth-order valence-electron chi connectivity index (χ4n) is 2.47. The van der Waals surface area contributed by atoms with Crippen molar-refractivity contribution in [3.63, 3.8) is 0 Å². The Hall–Kier alpha value is -1.41. The Labute approximate surface area is 137 Å². The number of amides is 2. The lowest BCUT2D eigenvalue weighted by Crippen LogP contribution is -2.44. The molecule has 0 aromatic carbocycles. The molecule has 2 aromatic rings. The van der Waals surface area contributed by atoms with Crippen LogP contribution in [0.5, 0.6) is 0 Å². The molecule has 5 nitrogen and oxygen atoms in total. The highest BCUT2D eigenvalue weighted by molar-refractivity contribution is 7.14. The van der Waals surface area contributed by atoms with Crippen molar-refractivity contribution in [3.05, 3.63) is 39.9 Å². The van der Waals surface area contributed by atoms with Crippen LogP contribution in [0.3, 0.4) is 0 Å². The quantitative estimate of drug-likeness (QED) is 0.882. The minimum atomic E-state index is -0.155. The molecule has 2 aromatic heterocycles. The maximum absolute atomic E-state index is 12.0. The number of carbonyl (C=O) groups is 1. The second-order valence-electron chi connectivity index (χ2n) is 4.99. The predicted octanol–water partition coefficient (Wildman–Crippen LogP) is 3.00. The maximum Gasteiger partial charge on any atom is 0.319 e. The molecular weight excluding hydrogens is 318 g/mol. The molecule has 1 fully saturated rings. The van der Waals surface area contributed by atoms with Crippen molar-refractivity contribution < 1.29 is 9.53 Å². The van der Waals surface area contributed by atoms with Gasteiger partial charge in [0.2, 0.25) is 0 Å². The van der Waals surface area contributed by atoms with Crippen LogP contribution in [-0.2, 0) is 4.74 Å². The Morgan fingerprint density at radius 3 is 2.68 bits per heavy atom. The third kappa shape index (κ3) is 4.07. The van der Waals surface area contributed by atoms with Crippen molar-refractivity contribution in [1.82, 2.24) is 10.2 Å². The zero-order valence-corrected chi connectivity index (χ0v) is 13.8. The first-order chi connectivity index (χ1) is 10.8. The molecule has 1 aliphatic rings. The highest BCUT2D eigenvalue weighted by atomic mass is 32.1. The van der Waals surface area contributed by atoms with E-state index in [-0.39, 0.29) is 12.1 Å². The van der Waals surface area contributed by atoms with Crippen LogP contribution in [0.2, 0.25) is 0 Å². The molecule has 7 heteroatoms. The number of hydrogen-bond donors (Lipinski definition) is 2. The molecule has 1 saturated heterocycles. The van der Waals surface area contributed by atoms with Gasteiger partial charge in [0.25, 0.3) is 0 Å². The molecule has 2 amide bonds. The Balaban J connectivity index is 1.59. The Bertz CT molecular complexity index is 566. The number of rotatable bonds is 5. The van der Waals surface area contributed by atoms with Crippen LogP contribution in [-0.4, -0.2) is 43.8 Å². The number of morpholine rings is 1. The van der Waals surface area contributed by atoms with Gasteiger partial charge in [0, 0.05) is 24.5 Å². The summed E-state index contributed by atoms with van der Waals surface area (Å²) in [5.74, 6) is 0. The van der Waals surface area contributed by atoms with E-state index in [4.69, 9.17) is 4.74 Å². The molecule has 0 unspecified atom stereocenters. The Kier molecular flexibility index (Phi) is 5.44. The smallest absolute Gasteiger partial charge is 0.319 e. The van der Waals surface area contributed by atoms with E-state index in [9.17, 15) is 4.79 Å². The largest absolute Gasteiger partial charge is 0.379 e. The predicted molar refractivity (Wildman–Crippen MR) is 90.8 cm³/mol. The molecule has 2 N–H and O–H groups in total. The Morgan fingerprint density at radius 1 is 1.23 bits per heavy atom. The first kappa shape index (κ1) is 15.5. The summed E-state index contributed by atoms with van der Waals surface area (Å²) in [7, 11) is 0. The molecule has 0 aliphatic carbocycles. The molecule has 0 saturated carbocycles. The summed E-state index contributed by atoms with van der Waals surface area (Å²) in [5.41, 5.74) is 0. The van der Waals surface area contributed by atoms with Crippen LogP contribution in [0.1, 0.15) is 10.9 Å². The maximum atomic E-state index is 12.0. The fraction of sp³-hybridized carbons (Fsp3) is 0.400. The zero-order chi connectivity index (χ0) is 15.2. The third-order valence-electron chi connectivity index (χ3n) is 3.57. The van der Waals surface area contributed by atoms with Gasteiger partial charge in [-0.15, -0.1) is 22.7 Å². The molecule has 118 valence electrons. The summed E-state index contributed by atoms with van der Waals surface area (Å²) < 4.78 is 5.43. The van der Waals surface area contributed by atoms with E-state index in [0.29, 0.717) is 6.54 Å². The number of urea groups is 1. The van der Waals surface area contributed by atoms with E-state index in [2.05, 4.69) is 33.0 Å². The average molecular weight is 337 g/mol. The van der Waals surface area contributed by atoms with Gasteiger partial charge in [-0.2, -0.15) is 0 Å². The molecule has 22 heavy (non-hydrogen) atoms. The second-order valence-corrected chi connectivity index (χ2v) is 6.92. The van der Waals surface area contributed by atoms with Gasteiger partial charge in [0.05, 0.1) is 24.3 Å². The highest BCUT2D eigenvalue weighted by Gasteiger charge is 2.23. The highest BCUT2D eigenvalue weighted by Crippen LogP contribution is 2.25. The number of carbonyl (C=O) groups excluding carboxylic acids is 1. The van der Waals surface area contributed by atoms with Gasteiger partial charge in [-0.3, -0.25) is 10.2 Å². The van der Waals surface area contributed by atoms with Crippen molar-refractivity contribution >= 4 is 33.7 Å².